The SMILES string of the molecule is CC1(C)CCN(S(=O)(=O)c2cc(CO)oc2Br)CC1. The quantitative estimate of drug-likeness (QED) is 0.907. The molecule has 19 heavy (non-hydrogen) atoms. The standard InChI is InChI=1S/C12H18BrNO4S/c1-12(2)3-5-14(6-4-12)19(16,17)10-7-9(8-15)18-11(10)13/h7,15H,3-6,8H2,1-2H3. The van der Waals surface area contributed by atoms with Crippen LogP contribution in [0.1, 0.15) is 32.4 Å². The molecule has 5 nitrogen and oxygen atoms in total. The number of rotatable bonds is 3. The maximum atomic E-state index is 12.5. The van der Waals surface area contributed by atoms with Crippen molar-refractivity contribution in [1.82, 2.24) is 4.31 Å². The molecule has 1 aromatic heterocycles. The average molecular weight is 352 g/mol. The average Bonchev–Trinajstić information content (AvgIpc) is 2.70. The maximum absolute atomic E-state index is 12.5. The van der Waals surface area contributed by atoms with Gasteiger partial charge in [0.15, 0.2) is 4.67 Å². The van der Waals surface area contributed by atoms with E-state index in [9.17, 15) is 8.42 Å². The first kappa shape index (κ1) is 15.0. The molecule has 0 amide bonds. The van der Waals surface area contributed by atoms with Gasteiger partial charge in [-0.15, -0.1) is 0 Å². The predicted octanol–water partition coefficient (Wildman–Crippen LogP) is 2.35. The summed E-state index contributed by atoms with van der Waals surface area (Å²) in [6.45, 7) is 5.01. The van der Waals surface area contributed by atoms with Gasteiger partial charge in [0.05, 0.1) is 0 Å². The number of hydrogen-bond donors (Lipinski definition) is 1. The fourth-order valence-electron chi connectivity index (χ4n) is 2.12. The van der Waals surface area contributed by atoms with E-state index in [4.69, 9.17) is 9.52 Å². The van der Waals surface area contributed by atoms with E-state index in [1.54, 1.807) is 0 Å². The number of sulfonamides is 1. The second kappa shape index (κ2) is 5.20. The molecule has 1 aliphatic rings. The van der Waals surface area contributed by atoms with Gasteiger partial charge in [0.25, 0.3) is 0 Å². The van der Waals surface area contributed by atoms with Crippen LogP contribution in [0.25, 0.3) is 0 Å². The highest BCUT2D eigenvalue weighted by atomic mass is 79.9. The Balaban J connectivity index is 2.25. The lowest BCUT2D eigenvalue weighted by Gasteiger charge is -2.35. The summed E-state index contributed by atoms with van der Waals surface area (Å²) in [6.07, 6.45) is 1.68. The van der Waals surface area contributed by atoms with Crippen LogP contribution in [0.4, 0.5) is 0 Å². The monoisotopic (exact) mass is 351 g/mol. The van der Waals surface area contributed by atoms with Crippen molar-refractivity contribution in [2.24, 2.45) is 5.41 Å². The molecule has 0 atom stereocenters. The van der Waals surface area contributed by atoms with Crippen LogP contribution in [0.3, 0.4) is 0 Å². The van der Waals surface area contributed by atoms with Crippen molar-refractivity contribution in [3.05, 3.63) is 16.5 Å². The molecule has 0 spiro atoms. The van der Waals surface area contributed by atoms with Crippen LogP contribution < -0.4 is 0 Å². The van der Waals surface area contributed by atoms with Crippen LogP contribution in [-0.4, -0.2) is 30.9 Å². The molecule has 1 aliphatic heterocycles. The molecule has 1 fully saturated rings. The summed E-state index contributed by atoms with van der Waals surface area (Å²) in [5.41, 5.74) is 0.190. The second-order valence-corrected chi connectivity index (χ2v) is 8.20. The van der Waals surface area contributed by atoms with Gasteiger partial charge in [-0.05, 0) is 34.2 Å². The summed E-state index contributed by atoms with van der Waals surface area (Å²) in [4.78, 5) is 0.0938. The summed E-state index contributed by atoms with van der Waals surface area (Å²) in [5.74, 6) is 0.239. The Bertz CT molecular complexity index is 554. The van der Waals surface area contributed by atoms with Gasteiger partial charge in [-0.2, -0.15) is 4.31 Å². The van der Waals surface area contributed by atoms with Crippen LogP contribution in [0.15, 0.2) is 20.0 Å². The molecule has 1 N–H and O–H groups in total. The highest BCUT2D eigenvalue weighted by Gasteiger charge is 2.35. The molecule has 0 aromatic carbocycles. The van der Waals surface area contributed by atoms with E-state index >= 15 is 0 Å². The molecule has 2 heterocycles. The highest BCUT2D eigenvalue weighted by Crippen LogP contribution is 2.35. The molecule has 1 aromatic rings. The minimum atomic E-state index is -3.55. The van der Waals surface area contributed by atoms with Gasteiger partial charge in [-0.3, -0.25) is 0 Å². The van der Waals surface area contributed by atoms with Crippen LogP contribution >= 0.6 is 15.9 Å². The molecule has 1 saturated heterocycles. The molecule has 0 aliphatic carbocycles. The fourth-order valence-corrected chi connectivity index (χ4v) is 4.52. The molecule has 7 heteroatoms. The summed E-state index contributed by atoms with van der Waals surface area (Å²) in [5, 5.41) is 9.00. The van der Waals surface area contributed by atoms with E-state index in [0.717, 1.165) is 12.8 Å². The number of halogens is 1. The van der Waals surface area contributed by atoms with Crippen molar-refractivity contribution in [3.63, 3.8) is 0 Å². The Labute approximate surface area is 121 Å². The topological polar surface area (TPSA) is 70.8 Å². The van der Waals surface area contributed by atoms with Crippen LogP contribution in [0.2, 0.25) is 0 Å². The third-order valence-electron chi connectivity index (χ3n) is 3.56. The molecule has 0 bridgehead atoms. The zero-order valence-electron chi connectivity index (χ0n) is 11.0. The largest absolute Gasteiger partial charge is 0.450 e. The molecule has 0 saturated carbocycles. The van der Waals surface area contributed by atoms with E-state index in [2.05, 4.69) is 29.8 Å². The number of piperidine rings is 1. The number of furan rings is 1. The zero-order valence-corrected chi connectivity index (χ0v) is 13.4. The normalized spacial score (nSPS) is 20.6. The van der Waals surface area contributed by atoms with Gasteiger partial charge in [0.1, 0.15) is 17.3 Å². The van der Waals surface area contributed by atoms with Crippen molar-refractivity contribution in [2.75, 3.05) is 13.1 Å². The van der Waals surface area contributed by atoms with Crippen molar-refractivity contribution in [1.29, 1.82) is 0 Å². The molecular weight excluding hydrogens is 334 g/mol. The van der Waals surface area contributed by atoms with Gasteiger partial charge in [0.2, 0.25) is 10.0 Å². The first-order valence-corrected chi connectivity index (χ1v) is 8.39. The van der Waals surface area contributed by atoms with Gasteiger partial charge in [-0.1, -0.05) is 13.8 Å². The van der Waals surface area contributed by atoms with Crippen molar-refractivity contribution < 1.29 is 17.9 Å². The summed E-state index contributed by atoms with van der Waals surface area (Å²) < 4.78 is 31.8. The van der Waals surface area contributed by atoms with Crippen molar-refractivity contribution >= 4 is 26.0 Å². The van der Waals surface area contributed by atoms with Gasteiger partial charge in [0, 0.05) is 19.2 Å². The minimum absolute atomic E-state index is 0.0938. The molecule has 108 valence electrons. The first-order chi connectivity index (χ1) is 8.76. The highest BCUT2D eigenvalue weighted by molar-refractivity contribution is 9.10. The lowest BCUT2D eigenvalue weighted by Crippen LogP contribution is -2.41. The zero-order chi connectivity index (χ0) is 14.3. The Kier molecular flexibility index (Phi) is 4.11. The number of hydrogen-bond acceptors (Lipinski definition) is 4. The molecule has 0 radical (unpaired) electrons. The molecule has 2 rings (SSSR count). The molecule has 0 unspecified atom stereocenters. The lowest BCUT2D eigenvalue weighted by molar-refractivity contribution is 0.195. The number of aliphatic hydroxyl groups is 1. The summed E-state index contributed by atoms with van der Waals surface area (Å²) >= 11 is 3.10. The van der Waals surface area contributed by atoms with Gasteiger partial charge < -0.3 is 9.52 Å². The maximum Gasteiger partial charge on any atom is 0.247 e. The number of nitrogens with zero attached hydrogens (tertiary/aromatic N) is 1. The van der Waals surface area contributed by atoms with Gasteiger partial charge >= 0.3 is 0 Å². The van der Waals surface area contributed by atoms with E-state index < -0.39 is 10.0 Å². The van der Waals surface area contributed by atoms with Crippen LogP contribution in [0, 0.1) is 5.41 Å². The van der Waals surface area contributed by atoms with Crippen molar-refractivity contribution in [3.8, 4) is 0 Å². The fraction of sp³-hybridized carbons (Fsp3) is 0.667. The Morgan fingerprint density at radius 2 is 2.00 bits per heavy atom. The van der Waals surface area contributed by atoms with E-state index in [-0.39, 0.29) is 27.3 Å². The Morgan fingerprint density at radius 3 is 2.47 bits per heavy atom. The Morgan fingerprint density at radius 1 is 1.42 bits per heavy atom. The smallest absolute Gasteiger partial charge is 0.247 e. The molecular formula is C12H18BrNO4S. The van der Waals surface area contributed by atoms with Crippen molar-refractivity contribution in [2.45, 2.75) is 38.2 Å². The van der Waals surface area contributed by atoms with E-state index in [0.29, 0.717) is 13.1 Å². The summed E-state index contributed by atoms with van der Waals surface area (Å²) in [7, 11) is -3.55. The first-order valence-electron chi connectivity index (χ1n) is 6.15. The summed E-state index contributed by atoms with van der Waals surface area (Å²) in [6, 6.07) is 1.37. The minimum Gasteiger partial charge on any atom is -0.450 e. The van der Waals surface area contributed by atoms with E-state index in [1.165, 1.54) is 10.4 Å². The third kappa shape index (κ3) is 3.04. The third-order valence-corrected chi connectivity index (χ3v) is 6.31. The predicted molar refractivity (Wildman–Crippen MR) is 74.1 cm³/mol. The second-order valence-electron chi connectivity index (χ2n) is 5.58. The van der Waals surface area contributed by atoms with Gasteiger partial charge in [-0.25, -0.2) is 8.42 Å². The van der Waals surface area contributed by atoms with Crippen LogP contribution in [-0.2, 0) is 16.6 Å². The van der Waals surface area contributed by atoms with Crippen LogP contribution in [0.5, 0.6) is 0 Å². The number of aliphatic hydroxyl groups excluding tert-OH is 1. The lowest BCUT2D eigenvalue weighted by atomic mass is 9.83. The Hall–Kier alpha value is -0.370. The van der Waals surface area contributed by atoms with E-state index in [1.807, 2.05) is 0 Å².